The summed E-state index contributed by atoms with van der Waals surface area (Å²) < 4.78 is 7.57. The lowest BCUT2D eigenvalue weighted by atomic mass is 10.1. The van der Waals surface area contributed by atoms with Gasteiger partial charge < -0.3 is 25.8 Å². The average molecular weight is 258 g/mol. The van der Waals surface area contributed by atoms with Crippen LogP contribution in [0.25, 0.3) is 0 Å². The predicted molar refractivity (Wildman–Crippen MR) is 59.3 cm³/mol. The van der Waals surface area contributed by atoms with Gasteiger partial charge in [-0.3, -0.25) is 0 Å². The molecular formula is C10H16N3O5+. The molecule has 0 aromatic carbocycles. The fourth-order valence-electron chi connectivity index (χ4n) is 1.92. The molecule has 18 heavy (non-hydrogen) atoms. The van der Waals surface area contributed by atoms with Gasteiger partial charge in [-0.25, -0.2) is 0 Å². The van der Waals surface area contributed by atoms with Crippen molar-refractivity contribution in [2.24, 2.45) is 7.05 Å². The third-order valence-electron chi connectivity index (χ3n) is 3.09. The molecule has 0 saturated carbocycles. The first-order valence-electron chi connectivity index (χ1n) is 5.46. The van der Waals surface area contributed by atoms with E-state index in [1.807, 2.05) is 0 Å². The highest BCUT2D eigenvalue weighted by atomic mass is 16.6. The second-order valence-electron chi connectivity index (χ2n) is 4.22. The van der Waals surface area contributed by atoms with Crippen molar-refractivity contribution in [2.75, 3.05) is 12.3 Å². The zero-order valence-electron chi connectivity index (χ0n) is 9.80. The molecule has 1 aliphatic heterocycles. The summed E-state index contributed by atoms with van der Waals surface area (Å²) >= 11 is 0. The van der Waals surface area contributed by atoms with Crippen molar-refractivity contribution < 1.29 is 24.6 Å². The van der Waals surface area contributed by atoms with Gasteiger partial charge in [-0.05, 0) is 0 Å². The Balaban J connectivity index is 2.39. The Hall–Kier alpha value is -1.48. The van der Waals surface area contributed by atoms with Crippen LogP contribution in [0.1, 0.15) is 6.23 Å². The van der Waals surface area contributed by atoms with Crippen LogP contribution in [0, 0.1) is 0 Å². The van der Waals surface area contributed by atoms with E-state index in [0.717, 1.165) is 4.57 Å². The van der Waals surface area contributed by atoms with E-state index in [1.54, 1.807) is 0 Å². The molecule has 4 unspecified atom stereocenters. The third kappa shape index (κ3) is 1.89. The molecule has 2 rings (SSSR count). The highest BCUT2D eigenvalue weighted by molar-refractivity contribution is 5.24. The van der Waals surface area contributed by atoms with E-state index in [4.69, 9.17) is 15.6 Å². The molecule has 0 bridgehead atoms. The smallest absolute Gasteiger partial charge is 0.394 e. The number of anilines is 1. The van der Waals surface area contributed by atoms with Crippen LogP contribution >= 0.6 is 0 Å². The Morgan fingerprint density at radius 2 is 2.17 bits per heavy atom. The zero-order chi connectivity index (χ0) is 13.4. The molecule has 5 N–H and O–H groups in total. The van der Waals surface area contributed by atoms with Crippen molar-refractivity contribution >= 4 is 5.82 Å². The Morgan fingerprint density at radius 1 is 1.50 bits per heavy atom. The molecule has 1 aliphatic rings. The molecule has 0 aliphatic carbocycles. The van der Waals surface area contributed by atoms with E-state index in [2.05, 4.69) is 0 Å². The summed E-state index contributed by atoms with van der Waals surface area (Å²) in [5, 5.41) is 28.4. The molecule has 0 amide bonds. The van der Waals surface area contributed by atoms with E-state index in [0.29, 0.717) is 0 Å². The van der Waals surface area contributed by atoms with Crippen LogP contribution in [-0.2, 0) is 11.8 Å². The second-order valence-corrected chi connectivity index (χ2v) is 4.22. The first kappa shape index (κ1) is 13.0. The van der Waals surface area contributed by atoms with Crippen LogP contribution in [0.5, 0.6) is 0 Å². The first-order valence-corrected chi connectivity index (χ1v) is 5.46. The molecule has 1 saturated heterocycles. The van der Waals surface area contributed by atoms with Gasteiger partial charge in [-0.2, -0.15) is 13.9 Å². The molecule has 0 spiro atoms. The number of hydrogen-bond donors (Lipinski definition) is 4. The monoisotopic (exact) mass is 258 g/mol. The minimum Gasteiger partial charge on any atom is -0.394 e. The molecule has 0 radical (unpaired) electrons. The molecule has 100 valence electrons. The Bertz CT molecular complexity index is 503. The van der Waals surface area contributed by atoms with Crippen molar-refractivity contribution in [2.45, 2.75) is 24.5 Å². The normalized spacial score (nSPS) is 31.8. The van der Waals surface area contributed by atoms with Crippen LogP contribution in [0.3, 0.4) is 0 Å². The zero-order valence-corrected chi connectivity index (χ0v) is 9.80. The summed E-state index contributed by atoms with van der Waals surface area (Å²) in [5.41, 5.74) is 5.08. The maximum absolute atomic E-state index is 11.9. The molecule has 1 aromatic rings. The summed E-state index contributed by atoms with van der Waals surface area (Å²) in [6.07, 6.45) is -3.12. The van der Waals surface area contributed by atoms with Crippen molar-refractivity contribution in [3.8, 4) is 0 Å². The fraction of sp³-hybridized carbons (Fsp3) is 0.600. The van der Waals surface area contributed by atoms with Gasteiger partial charge in [0.1, 0.15) is 24.5 Å². The van der Waals surface area contributed by atoms with Gasteiger partial charge in [0.25, 0.3) is 0 Å². The van der Waals surface area contributed by atoms with Crippen molar-refractivity contribution in [3.63, 3.8) is 0 Å². The maximum atomic E-state index is 11.9. The Labute approximate surface area is 102 Å². The minimum atomic E-state index is -1.29. The summed E-state index contributed by atoms with van der Waals surface area (Å²) in [7, 11) is 1.48. The molecule has 2 heterocycles. The second kappa shape index (κ2) is 4.65. The average Bonchev–Trinajstić information content (AvgIpc) is 2.64. The quantitative estimate of drug-likeness (QED) is 0.416. The number of aliphatic hydroxyl groups excluding tert-OH is 3. The van der Waals surface area contributed by atoms with Crippen LogP contribution in [0.4, 0.5) is 5.82 Å². The molecule has 8 heteroatoms. The number of aromatic nitrogens is 2. The first-order chi connectivity index (χ1) is 8.47. The fourth-order valence-corrected chi connectivity index (χ4v) is 1.92. The lowest BCUT2D eigenvalue weighted by molar-refractivity contribution is -0.781. The lowest BCUT2D eigenvalue weighted by Crippen LogP contribution is -2.59. The van der Waals surface area contributed by atoms with Gasteiger partial charge in [-0.1, -0.05) is 0 Å². The number of nitrogen functional groups attached to an aromatic ring is 1. The van der Waals surface area contributed by atoms with Crippen molar-refractivity contribution in [3.05, 3.63) is 22.7 Å². The molecule has 4 atom stereocenters. The molecule has 1 aromatic heterocycles. The van der Waals surface area contributed by atoms with Gasteiger partial charge >= 0.3 is 5.69 Å². The lowest BCUT2D eigenvalue weighted by Gasteiger charge is -2.12. The van der Waals surface area contributed by atoms with Crippen LogP contribution in [-0.4, -0.2) is 44.8 Å². The van der Waals surface area contributed by atoms with Crippen LogP contribution < -0.4 is 16.0 Å². The van der Waals surface area contributed by atoms with Crippen molar-refractivity contribution in [1.29, 1.82) is 0 Å². The largest absolute Gasteiger partial charge is 0.501 e. The SMILES string of the molecule is Cn1c(N)cc[n+](C2OC(CO)C(O)C2O)c1=O. The summed E-state index contributed by atoms with van der Waals surface area (Å²) in [6, 6.07) is 1.48. The van der Waals surface area contributed by atoms with E-state index in [9.17, 15) is 15.0 Å². The molecule has 8 nitrogen and oxygen atoms in total. The minimum absolute atomic E-state index is 0.267. The van der Waals surface area contributed by atoms with Gasteiger partial charge in [-0.15, -0.1) is 0 Å². The third-order valence-corrected chi connectivity index (χ3v) is 3.09. The maximum Gasteiger partial charge on any atom is 0.501 e. The Morgan fingerprint density at radius 3 is 2.72 bits per heavy atom. The van der Waals surface area contributed by atoms with Crippen LogP contribution in [0.2, 0.25) is 0 Å². The number of aliphatic hydroxyl groups is 3. The van der Waals surface area contributed by atoms with E-state index in [-0.39, 0.29) is 5.82 Å². The molecule has 1 fully saturated rings. The van der Waals surface area contributed by atoms with Gasteiger partial charge in [0.2, 0.25) is 6.23 Å². The summed E-state index contributed by atoms with van der Waals surface area (Å²) in [6.45, 7) is -0.440. The number of rotatable bonds is 2. The van der Waals surface area contributed by atoms with Gasteiger partial charge in [0.15, 0.2) is 5.82 Å². The number of ether oxygens (including phenoxy) is 1. The predicted octanol–water partition coefficient (Wildman–Crippen LogP) is -3.13. The topological polar surface area (TPSA) is 122 Å². The Kier molecular flexibility index (Phi) is 3.35. The highest BCUT2D eigenvalue weighted by Gasteiger charge is 2.46. The highest BCUT2D eigenvalue weighted by Crippen LogP contribution is 2.24. The van der Waals surface area contributed by atoms with E-state index < -0.39 is 36.8 Å². The summed E-state index contributed by atoms with van der Waals surface area (Å²) in [4.78, 5) is 11.9. The number of nitrogens with zero attached hydrogens (tertiary/aromatic N) is 2. The van der Waals surface area contributed by atoms with E-state index >= 15 is 0 Å². The molecular weight excluding hydrogens is 242 g/mol. The van der Waals surface area contributed by atoms with Gasteiger partial charge in [0.05, 0.1) is 13.7 Å². The van der Waals surface area contributed by atoms with E-state index in [1.165, 1.54) is 23.9 Å². The van der Waals surface area contributed by atoms with Crippen molar-refractivity contribution in [1.82, 2.24) is 4.57 Å². The number of hydrogen-bond acceptors (Lipinski definition) is 6. The number of nitrogens with two attached hydrogens (primary N) is 1. The van der Waals surface area contributed by atoms with Gasteiger partial charge in [0, 0.05) is 6.07 Å². The summed E-state index contributed by atoms with van der Waals surface area (Å²) in [5.74, 6) is 0.267. The standard InChI is InChI=1S/C10H15N3O5/c1-12-6(11)2-3-13(10(12)17)9-8(16)7(15)5(4-14)18-9/h2-3,5,7-9,11,14-16H,4H2,1H3/p+1. The van der Waals surface area contributed by atoms with Crippen LogP contribution in [0.15, 0.2) is 17.1 Å².